The Morgan fingerprint density at radius 1 is 1.39 bits per heavy atom. The van der Waals surface area contributed by atoms with Crippen LogP contribution >= 0.6 is 15.9 Å². The maximum Gasteiger partial charge on any atom is 0.258 e. The van der Waals surface area contributed by atoms with Crippen LogP contribution in [-0.2, 0) is 5.54 Å². The summed E-state index contributed by atoms with van der Waals surface area (Å²) in [6.07, 6.45) is 0. The van der Waals surface area contributed by atoms with Gasteiger partial charge >= 0.3 is 0 Å². The van der Waals surface area contributed by atoms with Crippen LogP contribution in [-0.4, -0.2) is 17.3 Å². The predicted molar refractivity (Wildman–Crippen MR) is 71.2 cm³/mol. The minimum atomic E-state index is -0.620. The quantitative estimate of drug-likeness (QED) is 0.943. The first-order valence-corrected chi connectivity index (χ1v) is 6.18. The van der Waals surface area contributed by atoms with Gasteiger partial charge in [0.05, 0.1) is 17.1 Å². The van der Waals surface area contributed by atoms with Crippen LogP contribution in [0.2, 0.25) is 0 Å². The maximum absolute atomic E-state index is 5.91. The van der Waals surface area contributed by atoms with Crippen molar-refractivity contribution < 1.29 is 9.26 Å². The van der Waals surface area contributed by atoms with E-state index >= 15 is 0 Å². The van der Waals surface area contributed by atoms with Gasteiger partial charge in [-0.15, -0.1) is 0 Å². The molecule has 0 aliphatic rings. The number of rotatable bonds is 3. The molecule has 6 heteroatoms. The largest absolute Gasteiger partial charge is 0.496 e. The molecule has 1 aromatic heterocycles. The van der Waals surface area contributed by atoms with E-state index < -0.39 is 5.54 Å². The molecule has 0 aliphatic carbocycles. The van der Waals surface area contributed by atoms with E-state index in [2.05, 4.69) is 26.1 Å². The first kappa shape index (κ1) is 13.0. The summed E-state index contributed by atoms with van der Waals surface area (Å²) in [4.78, 5) is 4.28. The molecule has 18 heavy (non-hydrogen) atoms. The fourth-order valence-corrected chi connectivity index (χ4v) is 1.94. The molecule has 0 bridgehead atoms. The number of aromatic nitrogens is 2. The van der Waals surface area contributed by atoms with Crippen molar-refractivity contribution in [1.82, 2.24) is 10.1 Å². The summed E-state index contributed by atoms with van der Waals surface area (Å²) in [5.74, 6) is 1.66. The summed E-state index contributed by atoms with van der Waals surface area (Å²) >= 11 is 3.41. The second kappa shape index (κ2) is 4.70. The lowest BCUT2D eigenvalue weighted by atomic mass is 10.1. The lowest BCUT2D eigenvalue weighted by Gasteiger charge is -2.11. The van der Waals surface area contributed by atoms with Gasteiger partial charge in [-0.1, -0.05) is 5.16 Å². The van der Waals surface area contributed by atoms with Crippen molar-refractivity contribution in [3.05, 3.63) is 28.5 Å². The third-order valence-electron chi connectivity index (χ3n) is 2.40. The highest BCUT2D eigenvalue weighted by atomic mass is 79.9. The Morgan fingerprint density at radius 2 is 2.11 bits per heavy atom. The average Bonchev–Trinajstić information content (AvgIpc) is 2.77. The highest BCUT2D eigenvalue weighted by Crippen LogP contribution is 2.30. The van der Waals surface area contributed by atoms with Crippen LogP contribution in [0.3, 0.4) is 0 Å². The van der Waals surface area contributed by atoms with Crippen LogP contribution in [0.15, 0.2) is 27.2 Å². The van der Waals surface area contributed by atoms with E-state index in [1.54, 1.807) is 7.11 Å². The standard InChI is InChI=1S/C12H14BrN3O2/c1-12(2,14)11-15-10(18-16-11)7-4-5-9(17-3)8(13)6-7/h4-6H,14H2,1-3H3. The molecule has 0 spiro atoms. The van der Waals surface area contributed by atoms with Gasteiger partial charge in [0.1, 0.15) is 5.75 Å². The number of benzene rings is 1. The number of methoxy groups -OCH3 is 1. The molecule has 5 nitrogen and oxygen atoms in total. The van der Waals surface area contributed by atoms with Crippen LogP contribution in [0, 0.1) is 0 Å². The van der Waals surface area contributed by atoms with Crippen LogP contribution in [0.25, 0.3) is 11.5 Å². The molecule has 1 aromatic carbocycles. The van der Waals surface area contributed by atoms with Gasteiger partial charge in [0.2, 0.25) is 0 Å². The van der Waals surface area contributed by atoms with E-state index in [-0.39, 0.29) is 0 Å². The summed E-state index contributed by atoms with van der Waals surface area (Å²) in [6.45, 7) is 3.65. The minimum Gasteiger partial charge on any atom is -0.496 e. The van der Waals surface area contributed by atoms with Crippen molar-refractivity contribution in [2.45, 2.75) is 19.4 Å². The molecule has 2 rings (SSSR count). The molecule has 0 atom stereocenters. The van der Waals surface area contributed by atoms with Gasteiger partial charge in [0, 0.05) is 5.56 Å². The summed E-state index contributed by atoms with van der Waals surface area (Å²) in [6, 6.07) is 5.54. The normalized spacial score (nSPS) is 11.6. The zero-order valence-electron chi connectivity index (χ0n) is 10.4. The summed E-state index contributed by atoms with van der Waals surface area (Å²) in [5.41, 5.74) is 6.10. The molecule has 0 unspecified atom stereocenters. The van der Waals surface area contributed by atoms with Crippen molar-refractivity contribution in [3.8, 4) is 17.2 Å². The topological polar surface area (TPSA) is 74.2 Å². The molecular formula is C12H14BrN3O2. The van der Waals surface area contributed by atoms with E-state index in [0.717, 1.165) is 15.8 Å². The summed E-state index contributed by atoms with van der Waals surface area (Å²) < 4.78 is 11.2. The number of hydrogen-bond donors (Lipinski definition) is 1. The molecule has 0 aliphatic heterocycles. The van der Waals surface area contributed by atoms with E-state index in [4.69, 9.17) is 15.0 Å². The molecule has 0 amide bonds. The van der Waals surface area contributed by atoms with Gasteiger partial charge < -0.3 is 15.0 Å². The fraction of sp³-hybridized carbons (Fsp3) is 0.333. The fourth-order valence-electron chi connectivity index (χ4n) is 1.40. The van der Waals surface area contributed by atoms with Crippen LogP contribution < -0.4 is 10.5 Å². The average molecular weight is 312 g/mol. The molecule has 0 radical (unpaired) electrons. The SMILES string of the molecule is COc1ccc(-c2nc(C(C)(C)N)no2)cc1Br. The number of nitrogens with zero attached hydrogens (tertiary/aromatic N) is 2. The van der Waals surface area contributed by atoms with E-state index in [1.807, 2.05) is 32.0 Å². The Labute approximate surface area is 113 Å². The van der Waals surface area contributed by atoms with Crippen molar-refractivity contribution in [2.75, 3.05) is 7.11 Å². The Kier molecular flexibility index (Phi) is 3.41. The zero-order valence-corrected chi connectivity index (χ0v) is 12.0. The second-order valence-electron chi connectivity index (χ2n) is 4.49. The van der Waals surface area contributed by atoms with Crippen LogP contribution in [0.4, 0.5) is 0 Å². The highest BCUT2D eigenvalue weighted by molar-refractivity contribution is 9.10. The molecule has 2 N–H and O–H groups in total. The molecule has 96 valence electrons. The van der Waals surface area contributed by atoms with Gasteiger partial charge in [-0.25, -0.2) is 0 Å². The number of halogens is 1. The zero-order chi connectivity index (χ0) is 13.3. The first-order chi connectivity index (χ1) is 8.41. The number of ether oxygens (including phenoxy) is 1. The molecule has 1 heterocycles. The van der Waals surface area contributed by atoms with Crippen molar-refractivity contribution in [1.29, 1.82) is 0 Å². The van der Waals surface area contributed by atoms with Crippen molar-refractivity contribution >= 4 is 15.9 Å². The van der Waals surface area contributed by atoms with Crippen LogP contribution in [0.1, 0.15) is 19.7 Å². The molecular weight excluding hydrogens is 298 g/mol. The number of nitrogens with two attached hydrogens (primary N) is 1. The Balaban J connectivity index is 2.38. The summed E-state index contributed by atoms with van der Waals surface area (Å²) in [7, 11) is 1.61. The predicted octanol–water partition coefficient (Wildman–Crippen LogP) is 2.70. The van der Waals surface area contributed by atoms with E-state index in [1.165, 1.54) is 0 Å². The van der Waals surface area contributed by atoms with Crippen molar-refractivity contribution in [2.24, 2.45) is 5.73 Å². The van der Waals surface area contributed by atoms with Gasteiger partial charge in [-0.05, 0) is 48.0 Å². The Morgan fingerprint density at radius 3 is 2.61 bits per heavy atom. The minimum absolute atomic E-state index is 0.437. The third-order valence-corrected chi connectivity index (χ3v) is 3.02. The first-order valence-electron chi connectivity index (χ1n) is 5.39. The lowest BCUT2D eigenvalue weighted by Crippen LogP contribution is -2.30. The third kappa shape index (κ3) is 2.54. The summed E-state index contributed by atoms with van der Waals surface area (Å²) in [5, 5.41) is 3.88. The molecule has 0 saturated carbocycles. The van der Waals surface area contributed by atoms with E-state index in [0.29, 0.717) is 11.7 Å². The molecule has 0 fully saturated rings. The number of hydrogen-bond acceptors (Lipinski definition) is 5. The molecule has 2 aromatic rings. The van der Waals surface area contributed by atoms with Gasteiger partial charge in [-0.2, -0.15) is 4.98 Å². The van der Waals surface area contributed by atoms with E-state index in [9.17, 15) is 0 Å². The van der Waals surface area contributed by atoms with Gasteiger partial charge in [0.25, 0.3) is 5.89 Å². The molecule has 0 saturated heterocycles. The van der Waals surface area contributed by atoms with Crippen LogP contribution in [0.5, 0.6) is 5.75 Å². The maximum atomic E-state index is 5.91. The van der Waals surface area contributed by atoms with Crippen molar-refractivity contribution in [3.63, 3.8) is 0 Å². The Bertz CT molecular complexity index is 561. The highest BCUT2D eigenvalue weighted by Gasteiger charge is 2.22. The monoisotopic (exact) mass is 311 g/mol. The van der Waals surface area contributed by atoms with Gasteiger partial charge in [0.15, 0.2) is 5.82 Å². The lowest BCUT2D eigenvalue weighted by molar-refractivity contribution is 0.396. The Hall–Kier alpha value is -1.40. The van der Waals surface area contributed by atoms with Gasteiger partial charge in [-0.3, -0.25) is 0 Å². The second-order valence-corrected chi connectivity index (χ2v) is 5.35. The smallest absolute Gasteiger partial charge is 0.258 e.